The van der Waals surface area contributed by atoms with Crippen molar-refractivity contribution in [1.29, 1.82) is 0 Å². The molecule has 0 unspecified atom stereocenters. The van der Waals surface area contributed by atoms with Gasteiger partial charge in [0.25, 0.3) is 0 Å². The standard InChI is InChI=1S/C31H30Cl3N3O5/c1-3-41-25(38)17-35-27(19-5-11-22(32)12-6-19)28-31(40)36(18-26(39)42-4-2)30(21-9-15-24(34)16-10-21)37(28)29(35)20-7-13-23(33)14-8-20/h5-16,27-30H,3-4,17-18H2,1-2H3/t27-,28+,29-,30+/m1/s1. The summed E-state index contributed by atoms with van der Waals surface area (Å²) in [6.45, 7) is 3.55. The summed E-state index contributed by atoms with van der Waals surface area (Å²) in [6.07, 6.45) is -1.25. The molecule has 0 spiro atoms. The fraction of sp³-hybridized carbons (Fsp3) is 0.323. The lowest BCUT2D eigenvalue weighted by Gasteiger charge is -2.37. The number of carbonyl (C=O) groups excluding carboxylic acids is 3. The summed E-state index contributed by atoms with van der Waals surface area (Å²) in [6, 6.07) is 20.3. The van der Waals surface area contributed by atoms with E-state index in [0.29, 0.717) is 15.1 Å². The van der Waals surface area contributed by atoms with Crippen LogP contribution < -0.4 is 0 Å². The fourth-order valence-electron chi connectivity index (χ4n) is 5.89. The molecule has 2 heterocycles. The molecule has 0 bridgehead atoms. The lowest BCUT2D eigenvalue weighted by molar-refractivity contribution is -0.150. The number of fused-ring (bicyclic) bond motifs is 1. The summed E-state index contributed by atoms with van der Waals surface area (Å²) in [7, 11) is 0. The molecule has 1 amide bonds. The zero-order valence-electron chi connectivity index (χ0n) is 23.1. The zero-order valence-corrected chi connectivity index (χ0v) is 25.4. The third-order valence-electron chi connectivity index (χ3n) is 7.46. The molecule has 220 valence electrons. The Morgan fingerprint density at radius 3 is 1.55 bits per heavy atom. The van der Waals surface area contributed by atoms with Gasteiger partial charge in [0, 0.05) is 15.1 Å². The number of halogens is 3. The molecule has 8 nitrogen and oxygen atoms in total. The van der Waals surface area contributed by atoms with Gasteiger partial charge in [0.15, 0.2) is 0 Å². The Kier molecular flexibility index (Phi) is 9.40. The Labute approximate surface area is 259 Å². The molecule has 0 saturated carbocycles. The normalized spacial score (nSPS) is 22.3. The topological polar surface area (TPSA) is 79.4 Å². The molecule has 4 atom stereocenters. The summed E-state index contributed by atoms with van der Waals surface area (Å²) in [4.78, 5) is 45.9. The number of nitrogens with zero attached hydrogens (tertiary/aromatic N) is 3. The van der Waals surface area contributed by atoms with Gasteiger partial charge in [-0.05, 0) is 66.9 Å². The van der Waals surface area contributed by atoms with E-state index in [1.165, 1.54) is 0 Å². The third-order valence-corrected chi connectivity index (χ3v) is 8.21. The largest absolute Gasteiger partial charge is 0.465 e. The SMILES string of the molecule is CCOC(=O)CN1C(=O)[C@@H]2[C@@H](c3ccc(Cl)cc3)N(CC(=O)OCC)[C@@H](c3ccc(Cl)cc3)N2[C@H]1c1ccc(Cl)cc1. The zero-order chi connectivity index (χ0) is 30.0. The van der Waals surface area contributed by atoms with Crippen molar-refractivity contribution in [3.63, 3.8) is 0 Å². The molecule has 0 N–H and O–H groups in total. The van der Waals surface area contributed by atoms with E-state index < -0.39 is 36.4 Å². The molecule has 0 radical (unpaired) electrons. The van der Waals surface area contributed by atoms with E-state index in [9.17, 15) is 14.4 Å². The van der Waals surface area contributed by atoms with Gasteiger partial charge >= 0.3 is 11.9 Å². The Balaban J connectivity index is 1.72. The first-order valence-corrected chi connectivity index (χ1v) is 14.8. The molecule has 2 saturated heterocycles. The van der Waals surface area contributed by atoms with E-state index in [0.717, 1.165) is 16.7 Å². The van der Waals surface area contributed by atoms with Crippen molar-refractivity contribution < 1.29 is 23.9 Å². The lowest BCUT2D eigenvalue weighted by atomic mass is 9.98. The highest BCUT2D eigenvalue weighted by Crippen LogP contribution is 2.54. The van der Waals surface area contributed by atoms with Crippen LogP contribution in [0.25, 0.3) is 0 Å². The van der Waals surface area contributed by atoms with Gasteiger partial charge in [-0.25, -0.2) is 4.90 Å². The van der Waals surface area contributed by atoms with Crippen LogP contribution in [0.3, 0.4) is 0 Å². The molecule has 5 rings (SSSR count). The second kappa shape index (κ2) is 13.0. The highest BCUT2D eigenvalue weighted by atomic mass is 35.5. The molecule has 0 aromatic heterocycles. The number of hydrogen-bond donors (Lipinski definition) is 0. The van der Waals surface area contributed by atoms with Crippen LogP contribution in [0.5, 0.6) is 0 Å². The summed E-state index contributed by atoms with van der Waals surface area (Å²) >= 11 is 18.7. The average Bonchev–Trinajstić information content (AvgIpc) is 3.42. The average molecular weight is 631 g/mol. The molecule has 42 heavy (non-hydrogen) atoms. The molecule has 0 aliphatic carbocycles. The second-order valence-corrected chi connectivity index (χ2v) is 11.3. The van der Waals surface area contributed by atoms with Crippen molar-refractivity contribution in [2.75, 3.05) is 26.3 Å². The Bertz CT molecular complexity index is 1390. The number of benzene rings is 3. The van der Waals surface area contributed by atoms with E-state index in [2.05, 4.69) is 0 Å². The van der Waals surface area contributed by atoms with Gasteiger partial charge in [0.05, 0.1) is 32.0 Å². The Hall–Kier alpha value is -3.14. The molecular formula is C31H30Cl3N3O5. The molecule has 3 aromatic carbocycles. The van der Waals surface area contributed by atoms with E-state index >= 15 is 0 Å². The summed E-state index contributed by atoms with van der Waals surface area (Å²) in [5, 5.41) is 1.63. The van der Waals surface area contributed by atoms with Gasteiger partial charge in [0.2, 0.25) is 5.91 Å². The van der Waals surface area contributed by atoms with Crippen LogP contribution in [0.1, 0.15) is 48.9 Å². The maximum absolute atomic E-state index is 14.5. The number of amides is 1. The Morgan fingerprint density at radius 1 is 0.643 bits per heavy atom. The van der Waals surface area contributed by atoms with Crippen LogP contribution in [0.4, 0.5) is 0 Å². The van der Waals surface area contributed by atoms with Gasteiger partial charge in [-0.1, -0.05) is 71.2 Å². The maximum Gasteiger partial charge on any atom is 0.325 e. The second-order valence-electron chi connectivity index (χ2n) is 9.99. The van der Waals surface area contributed by atoms with Crippen LogP contribution >= 0.6 is 34.8 Å². The fourth-order valence-corrected chi connectivity index (χ4v) is 6.27. The van der Waals surface area contributed by atoms with Gasteiger partial charge in [-0.15, -0.1) is 0 Å². The Morgan fingerprint density at radius 2 is 1.07 bits per heavy atom. The number of hydrogen-bond acceptors (Lipinski definition) is 7. The van der Waals surface area contributed by atoms with Crippen molar-refractivity contribution in [2.45, 2.75) is 38.3 Å². The highest BCUT2D eigenvalue weighted by Gasteiger charge is 2.61. The number of ether oxygens (including phenoxy) is 2. The molecule has 2 aliphatic rings. The first-order valence-electron chi connectivity index (χ1n) is 13.6. The first-order chi connectivity index (χ1) is 20.2. The number of esters is 2. The van der Waals surface area contributed by atoms with Gasteiger partial charge in [-0.2, -0.15) is 0 Å². The van der Waals surface area contributed by atoms with Crippen molar-refractivity contribution >= 4 is 52.6 Å². The van der Waals surface area contributed by atoms with Crippen LogP contribution in [0, 0.1) is 0 Å². The molecule has 2 aliphatic heterocycles. The lowest BCUT2D eigenvalue weighted by Crippen LogP contribution is -2.43. The predicted molar refractivity (Wildman–Crippen MR) is 160 cm³/mol. The molecule has 2 fully saturated rings. The minimum atomic E-state index is -0.767. The third kappa shape index (κ3) is 6.00. The van der Waals surface area contributed by atoms with Crippen molar-refractivity contribution in [3.8, 4) is 0 Å². The highest BCUT2D eigenvalue weighted by molar-refractivity contribution is 6.31. The van der Waals surface area contributed by atoms with E-state index in [1.54, 1.807) is 55.1 Å². The van der Waals surface area contributed by atoms with Crippen LogP contribution in [-0.2, 0) is 23.9 Å². The first kappa shape index (κ1) is 30.3. The van der Waals surface area contributed by atoms with Crippen molar-refractivity contribution in [3.05, 3.63) is 105 Å². The van der Waals surface area contributed by atoms with Crippen molar-refractivity contribution in [1.82, 2.24) is 14.7 Å². The molecule has 3 aromatic rings. The molecule has 11 heteroatoms. The quantitative estimate of drug-likeness (QED) is 0.267. The smallest absolute Gasteiger partial charge is 0.325 e. The van der Waals surface area contributed by atoms with Crippen LogP contribution in [-0.4, -0.2) is 64.9 Å². The number of carbonyl (C=O) groups is 3. The van der Waals surface area contributed by atoms with Crippen LogP contribution in [0.2, 0.25) is 15.1 Å². The van der Waals surface area contributed by atoms with E-state index in [1.807, 2.05) is 46.2 Å². The summed E-state index contributed by atoms with van der Waals surface area (Å²) < 4.78 is 10.6. The number of rotatable bonds is 9. The molecular weight excluding hydrogens is 601 g/mol. The maximum atomic E-state index is 14.5. The minimum Gasteiger partial charge on any atom is -0.465 e. The predicted octanol–water partition coefficient (Wildman–Crippen LogP) is 6.04. The summed E-state index contributed by atoms with van der Waals surface area (Å²) in [5.74, 6) is -1.20. The van der Waals surface area contributed by atoms with E-state index in [4.69, 9.17) is 44.3 Å². The van der Waals surface area contributed by atoms with Crippen LogP contribution in [0.15, 0.2) is 72.8 Å². The van der Waals surface area contributed by atoms with Gasteiger partial charge in [-0.3, -0.25) is 19.3 Å². The monoisotopic (exact) mass is 629 g/mol. The van der Waals surface area contributed by atoms with Gasteiger partial charge < -0.3 is 14.4 Å². The minimum absolute atomic E-state index is 0.0834. The van der Waals surface area contributed by atoms with Gasteiger partial charge in [0.1, 0.15) is 18.8 Å². The van der Waals surface area contributed by atoms with Crippen molar-refractivity contribution in [2.24, 2.45) is 0 Å². The van der Waals surface area contributed by atoms with E-state index in [-0.39, 0.29) is 32.2 Å². The summed E-state index contributed by atoms with van der Waals surface area (Å²) in [5.41, 5.74) is 2.36.